The van der Waals surface area contributed by atoms with E-state index in [4.69, 9.17) is 5.14 Å². The highest BCUT2D eigenvalue weighted by Gasteiger charge is 2.44. The van der Waals surface area contributed by atoms with Gasteiger partial charge in [-0.3, -0.25) is 9.62 Å². The number of anilines is 2. The Morgan fingerprint density at radius 3 is 2.23 bits per heavy atom. The number of piperazine rings is 1. The molecule has 4 aromatic carbocycles. The molecule has 0 amide bonds. The molecule has 1 aliphatic heterocycles. The summed E-state index contributed by atoms with van der Waals surface area (Å²) < 4.78 is 84.9. The van der Waals surface area contributed by atoms with Gasteiger partial charge < -0.3 is 4.90 Å². The van der Waals surface area contributed by atoms with E-state index in [1.165, 1.54) is 52.6 Å². The number of nitrogens with two attached hydrogens (primary N) is 1. The molecule has 14 heteroatoms. The molecule has 3 N–H and O–H groups in total. The van der Waals surface area contributed by atoms with E-state index in [2.05, 4.69) is 43.2 Å². The summed E-state index contributed by atoms with van der Waals surface area (Å²) in [6.45, 7) is 5.01. The van der Waals surface area contributed by atoms with Crippen LogP contribution < -0.4 is 14.8 Å². The van der Waals surface area contributed by atoms with Crippen LogP contribution in [0, 0.1) is 5.82 Å². The van der Waals surface area contributed by atoms with E-state index >= 15 is 0 Å². The number of hydrogen-bond acceptors (Lipinski definition) is 8. The molecule has 0 saturated carbocycles. The lowest BCUT2D eigenvalue weighted by molar-refractivity contribution is 0.238. The molecule has 272 valence electrons. The quantitative estimate of drug-likeness (QED) is 0.164. The minimum absolute atomic E-state index is 0.277. The van der Waals surface area contributed by atoms with Gasteiger partial charge in [0.05, 0.1) is 4.70 Å². The number of aryl methyl sites for hydroxylation is 1. The van der Waals surface area contributed by atoms with E-state index in [-0.39, 0.29) is 10.5 Å². The molecule has 1 fully saturated rings. The number of hydrogen-bond donors (Lipinski definition) is 2. The summed E-state index contributed by atoms with van der Waals surface area (Å²) in [6, 6.07) is 29.2. The van der Waals surface area contributed by atoms with Crippen LogP contribution in [0.4, 0.5) is 20.3 Å². The third-order valence-electron chi connectivity index (χ3n) is 9.02. The standard InChI is InChI=1S/C26H27FN4O2S2.C12H12FNO2S/c27-23-8-2-4-10-25(23)35(32,33)29-21-13-11-20(12-14-21)6-5-15-30-16-18-31(19-17-30)26-22-7-1-3-9-24(22)34-28-26;13-12(10-6-2-1-3-7-10)9-5-4-8-11(12)17(14,15)16/h1-4,7-14,29H,5-6,15-19H2;1-9,11H,(H2,14,15,16). The zero-order valence-electron chi connectivity index (χ0n) is 28.2. The van der Waals surface area contributed by atoms with Crippen molar-refractivity contribution in [2.75, 3.05) is 42.3 Å². The molecular formula is C38H39F2N5O4S3. The molecule has 1 aliphatic carbocycles. The van der Waals surface area contributed by atoms with Crippen LogP contribution in [0.25, 0.3) is 10.1 Å². The summed E-state index contributed by atoms with van der Waals surface area (Å²) in [5.74, 6) is 0.341. The highest BCUT2D eigenvalue weighted by atomic mass is 32.2. The number of nitrogens with one attached hydrogen (secondary N) is 1. The lowest BCUT2D eigenvalue weighted by atomic mass is 9.89. The number of sulfonamides is 2. The second-order valence-electron chi connectivity index (χ2n) is 12.6. The van der Waals surface area contributed by atoms with Crippen molar-refractivity contribution in [3.8, 4) is 0 Å². The SMILES string of the molecule is NS(=O)(=O)C1C=CC=CC1(F)c1ccccc1.O=S(=O)(Nc1ccc(CCCN2CCN(c3nsc4ccccc34)CC2)cc1)c1ccccc1F. The third-order valence-corrected chi connectivity index (χ3v) is 12.5. The molecule has 1 saturated heterocycles. The van der Waals surface area contributed by atoms with E-state index in [9.17, 15) is 25.6 Å². The molecule has 52 heavy (non-hydrogen) atoms. The second kappa shape index (κ2) is 16.0. The first-order valence-electron chi connectivity index (χ1n) is 16.7. The Morgan fingerprint density at radius 2 is 1.52 bits per heavy atom. The molecular weight excluding hydrogens is 725 g/mol. The maximum atomic E-state index is 14.9. The van der Waals surface area contributed by atoms with Gasteiger partial charge in [-0.2, -0.15) is 4.37 Å². The first-order chi connectivity index (χ1) is 24.9. The number of fused-ring (bicyclic) bond motifs is 1. The maximum absolute atomic E-state index is 14.9. The van der Waals surface area contributed by atoms with Crippen LogP contribution in [0.1, 0.15) is 17.5 Å². The lowest BCUT2D eigenvalue weighted by Gasteiger charge is -2.35. The summed E-state index contributed by atoms with van der Waals surface area (Å²) in [7, 11) is -7.96. The van der Waals surface area contributed by atoms with Crippen LogP contribution in [-0.2, 0) is 32.1 Å². The minimum atomic E-state index is -3.99. The smallest absolute Gasteiger partial charge is 0.264 e. The number of alkyl halides is 1. The first kappa shape index (κ1) is 37.3. The van der Waals surface area contributed by atoms with Gasteiger partial charge in [0.15, 0.2) is 5.67 Å². The Bertz CT molecular complexity index is 2260. The van der Waals surface area contributed by atoms with Crippen molar-refractivity contribution in [1.29, 1.82) is 0 Å². The van der Waals surface area contributed by atoms with E-state index < -0.39 is 36.8 Å². The second-order valence-corrected chi connectivity index (χ2v) is 16.7. The van der Waals surface area contributed by atoms with E-state index in [0.29, 0.717) is 5.69 Å². The molecule has 0 radical (unpaired) electrons. The van der Waals surface area contributed by atoms with Gasteiger partial charge in [0.25, 0.3) is 10.0 Å². The number of benzene rings is 4. The van der Waals surface area contributed by atoms with Crippen molar-refractivity contribution in [3.63, 3.8) is 0 Å². The topological polar surface area (TPSA) is 126 Å². The fraction of sp³-hybridized carbons (Fsp3) is 0.237. The van der Waals surface area contributed by atoms with Crippen LogP contribution in [-0.4, -0.2) is 64.1 Å². The minimum Gasteiger partial charge on any atom is -0.353 e. The molecule has 9 nitrogen and oxygen atoms in total. The van der Waals surface area contributed by atoms with E-state index in [1.807, 2.05) is 12.1 Å². The lowest BCUT2D eigenvalue weighted by Crippen LogP contribution is -2.46. The molecule has 0 spiro atoms. The van der Waals surface area contributed by atoms with Crippen LogP contribution in [0.3, 0.4) is 0 Å². The average molecular weight is 764 g/mol. The van der Waals surface area contributed by atoms with E-state index in [1.54, 1.807) is 54.0 Å². The molecule has 2 heterocycles. The number of aromatic nitrogens is 1. The summed E-state index contributed by atoms with van der Waals surface area (Å²) in [4.78, 5) is 4.52. The highest BCUT2D eigenvalue weighted by molar-refractivity contribution is 7.92. The van der Waals surface area contributed by atoms with Gasteiger partial charge in [-0.05, 0) is 84.5 Å². The third kappa shape index (κ3) is 8.76. The molecule has 2 unspecified atom stereocenters. The molecule has 7 rings (SSSR count). The molecule has 1 aromatic heterocycles. The fourth-order valence-electron chi connectivity index (χ4n) is 6.30. The summed E-state index contributed by atoms with van der Waals surface area (Å²) >= 11 is 1.56. The summed E-state index contributed by atoms with van der Waals surface area (Å²) in [5, 5.41) is 4.92. The Hall–Kier alpha value is -4.47. The van der Waals surface area contributed by atoms with Gasteiger partial charge in [0, 0.05) is 37.3 Å². The van der Waals surface area contributed by atoms with Crippen molar-refractivity contribution in [2.24, 2.45) is 5.14 Å². The largest absolute Gasteiger partial charge is 0.353 e. The van der Waals surface area contributed by atoms with Gasteiger partial charge >= 0.3 is 0 Å². The van der Waals surface area contributed by atoms with E-state index in [0.717, 1.165) is 63.0 Å². The monoisotopic (exact) mass is 763 g/mol. The molecule has 2 aliphatic rings. The van der Waals surface area contributed by atoms with Gasteiger partial charge in [0.2, 0.25) is 10.0 Å². The predicted octanol–water partition coefficient (Wildman–Crippen LogP) is 6.63. The molecule has 5 aromatic rings. The number of allylic oxidation sites excluding steroid dienone is 3. The normalized spacial score (nSPS) is 19.3. The van der Waals surface area contributed by atoms with Gasteiger partial charge in [0.1, 0.15) is 21.8 Å². The summed E-state index contributed by atoms with van der Waals surface area (Å²) in [6.07, 6.45) is 7.39. The van der Waals surface area contributed by atoms with Gasteiger partial charge in [-0.15, -0.1) is 0 Å². The Kier molecular flexibility index (Phi) is 11.5. The van der Waals surface area contributed by atoms with Crippen LogP contribution in [0.2, 0.25) is 0 Å². The number of primary sulfonamides is 1. The highest BCUT2D eigenvalue weighted by Crippen LogP contribution is 2.37. The molecule has 0 bridgehead atoms. The van der Waals surface area contributed by atoms with Crippen LogP contribution in [0.15, 0.2) is 132 Å². The zero-order chi connectivity index (χ0) is 36.8. The van der Waals surface area contributed by atoms with Crippen molar-refractivity contribution in [3.05, 3.63) is 144 Å². The van der Waals surface area contributed by atoms with Crippen molar-refractivity contribution < 1.29 is 25.6 Å². The van der Waals surface area contributed by atoms with Gasteiger partial charge in [-0.1, -0.05) is 85.0 Å². The zero-order valence-corrected chi connectivity index (χ0v) is 30.6. The predicted molar refractivity (Wildman–Crippen MR) is 205 cm³/mol. The van der Waals surface area contributed by atoms with Crippen molar-refractivity contribution >= 4 is 53.2 Å². The average Bonchev–Trinajstić information content (AvgIpc) is 3.57. The Balaban J connectivity index is 0.000000229. The molecule has 2 atom stereocenters. The van der Waals surface area contributed by atoms with Crippen LogP contribution in [0.5, 0.6) is 0 Å². The number of nitrogens with zero attached hydrogens (tertiary/aromatic N) is 3. The summed E-state index contributed by atoms with van der Waals surface area (Å²) in [5.41, 5.74) is -0.266. The first-order valence-corrected chi connectivity index (χ1v) is 20.6. The van der Waals surface area contributed by atoms with Crippen LogP contribution >= 0.6 is 11.5 Å². The van der Waals surface area contributed by atoms with Crippen molar-refractivity contribution in [1.82, 2.24) is 9.27 Å². The number of halogens is 2. The number of rotatable bonds is 10. The van der Waals surface area contributed by atoms with Crippen molar-refractivity contribution in [2.45, 2.75) is 28.7 Å². The van der Waals surface area contributed by atoms with Gasteiger partial charge in [-0.25, -0.2) is 30.8 Å². The Labute approximate surface area is 307 Å². The maximum Gasteiger partial charge on any atom is 0.264 e. The fourth-order valence-corrected chi connectivity index (χ4v) is 9.24. The Morgan fingerprint density at radius 1 is 0.846 bits per heavy atom.